The van der Waals surface area contributed by atoms with E-state index >= 15 is 0 Å². The summed E-state index contributed by atoms with van der Waals surface area (Å²) in [6.45, 7) is 3.30. The van der Waals surface area contributed by atoms with E-state index in [0.717, 1.165) is 28.8 Å². The smallest absolute Gasteiger partial charge is 0.229 e. The van der Waals surface area contributed by atoms with Crippen LogP contribution in [0.2, 0.25) is 0 Å². The molecule has 0 radical (unpaired) electrons. The van der Waals surface area contributed by atoms with Crippen molar-refractivity contribution < 1.29 is 9.53 Å². The van der Waals surface area contributed by atoms with E-state index in [1.54, 1.807) is 23.8 Å². The maximum atomic E-state index is 12.9. The number of hydrogen-bond donors (Lipinski definition) is 0. The Bertz CT molecular complexity index is 977. The predicted octanol–water partition coefficient (Wildman–Crippen LogP) is 4.22. The lowest BCUT2D eigenvalue weighted by molar-refractivity contribution is -0.131. The Labute approximate surface area is 175 Å². The number of hydrogen-bond acceptors (Lipinski definition) is 5. The third-order valence-corrected chi connectivity index (χ3v) is 6.60. The van der Waals surface area contributed by atoms with Crippen molar-refractivity contribution in [2.24, 2.45) is 0 Å². The van der Waals surface area contributed by atoms with Crippen molar-refractivity contribution in [3.05, 3.63) is 75.8 Å². The molecule has 0 aliphatic carbocycles. The lowest BCUT2D eigenvalue weighted by Gasteiger charge is -2.41. The number of fused-ring (bicyclic) bond motifs is 1. The lowest BCUT2D eigenvalue weighted by atomic mass is 9.86. The number of aryl methyl sites for hydroxylation is 1. The molecule has 2 aromatic carbocycles. The van der Waals surface area contributed by atoms with Crippen LogP contribution in [0, 0.1) is 18.3 Å². The molecule has 0 aromatic heterocycles. The number of nitrogens with zero attached hydrogens (tertiary/aromatic N) is 3. The van der Waals surface area contributed by atoms with E-state index in [4.69, 9.17) is 4.74 Å². The highest BCUT2D eigenvalue weighted by molar-refractivity contribution is 8.03. The van der Waals surface area contributed by atoms with Crippen LogP contribution in [0.1, 0.15) is 29.0 Å². The summed E-state index contributed by atoms with van der Waals surface area (Å²) in [5.74, 6) is 1.51. The van der Waals surface area contributed by atoms with Gasteiger partial charge in [0.15, 0.2) is 0 Å². The first-order chi connectivity index (χ1) is 14.1. The maximum Gasteiger partial charge on any atom is 0.229 e. The Morgan fingerprint density at radius 1 is 1.17 bits per heavy atom. The molecular weight excluding hydrogens is 382 g/mol. The summed E-state index contributed by atoms with van der Waals surface area (Å²) in [5, 5.41) is 10.7. The van der Waals surface area contributed by atoms with E-state index in [-0.39, 0.29) is 11.8 Å². The van der Waals surface area contributed by atoms with Crippen molar-refractivity contribution >= 4 is 17.7 Å². The Morgan fingerprint density at radius 3 is 2.55 bits per heavy atom. The summed E-state index contributed by atoms with van der Waals surface area (Å²) in [4.78, 5) is 16.9. The highest BCUT2D eigenvalue weighted by atomic mass is 32.2. The Kier molecular flexibility index (Phi) is 5.61. The molecule has 2 heterocycles. The van der Waals surface area contributed by atoms with Crippen LogP contribution in [0.3, 0.4) is 0 Å². The van der Waals surface area contributed by atoms with Gasteiger partial charge in [0.1, 0.15) is 5.75 Å². The third-order valence-electron chi connectivity index (χ3n) is 5.39. The first kappa shape index (κ1) is 19.6. The van der Waals surface area contributed by atoms with Gasteiger partial charge in [-0.2, -0.15) is 5.26 Å². The lowest BCUT2D eigenvalue weighted by Crippen LogP contribution is -2.46. The van der Waals surface area contributed by atoms with Crippen LogP contribution in [0.25, 0.3) is 0 Å². The van der Waals surface area contributed by atoms with Gasteiger partial charge in [0.25, 0.3) is 0 Å². The minimum atomic E-state index is -0.153. The van der Waals surface area contributed by atoms with Gasteiger partial charge in [-0.3, -0.25) is 14.6 Å². The van der Waals surface area contributed by atoms with Gasteiger partial charge in [-0.25, -0.2) is 0 Å². The Morgan fingerprint density at radius 2 is 1.90 bits per heavy atom. The second-order valence-electron chi connectivity index (χ2n) is 7.41. The Hall–Kier alpha value is -2.75. The molecule has 0 saturated carbocycles. The Balaban J connectivity index is 1.54. The molecule has 1 atom stereocenters. The van der Waals surface area contributed by atoms with Gasteiger partial charge in [-0.15, -0.1) is 0 Å². The van der Waals surface area contributed by atoms with Crippen LogP contribution in [0.5, 0.6) is 5.75 Å². The van der Waals surface area contributed by atoms with Crippen molar-refractivity contribution in [1.29, 1.82) is 5.26 Å². The van der Waals surface area contributed by atoms with E-state index < -0.39 is 0 Å². The van der Waals surface area contributed by atoms with Gasteiger partial charge >= 0.3 is 0 Å². The highest BCUT2D eigenvalue weighted by Gasteiger charge is 2.38. The minimum Gasteiger partial charge on any atom is -0.497 e. The molecule has 4 rings (SSSR count). The second kappa shape index (κ2) is 8.32. The van der Waals surface area contributed by atoms with Gasteiger partial charge in [-0.1, -0.05) is 53.7 Å². The van der Waals surface area contributed by atoms with Crippen molar-refractivity contribution in [3.8, 4) is 11.8 Å². The highest BCUT2D eigenvalue weighted by Crippen LogP contribution is 2.42. The van der Waals surface area contributed by atoms with Crippen LogP contribution >= 0.6 is 11.8 Å². The molecular formula is C23H23N3O2S. The molecule has 1 unspecified atom stereocenters. The maximum absolute atomic E-state index is 12.9. The molecule has 148 valence electrons. The van der Waals surface area contributed by atoms with E-state index in [1.807, 2.05) is 55.5 Å². The molecule has 2 aliphatic rings. The average Bonchev–Trinajstić information content (AvgIpc) is 2.75. The molecule has 0 bridgehead atoms. The van der Waals surface area contributed by atoms with Crippen LogP contribution in [0.15, 0.2) is 59.1 Å². The first-order valence-electron chi connectivity index (χ1n) is 9.58. The number of benzene rings is 2. The first-order valence-corrected chi connectivity index (χ1v) is 10.6. The number of allylic oxidation sites excluding steroid dienone is 1. The van der Waals surface area contributed by atoms with Gasteiger partial charge < -0.3 is 4.74 Å². The molecule has 6 heteroatoms. The monoisotopic (exact) mass is 405 g/mol. The molecule has 1 saturated heterocycles. The van der Waals surface area contributed by atoms with E-state index in [0.29, 0.717) is 18.7 Å². The molecule has 0 N–H and O–H groups in total. The quantitative estimate of drug-likeness (QED) is 0.762. The molecule has 2 aliphatic heterocycles. The van der Waals surface area contributed by atoms with E-state index in [9.17, 15) is 10.1 Å². The number of amides is 1. The van der Waals surface area contributed by atoms with Crippen LogP contribution in [-0.4, -0.2) is 35.4 Å². The summed E-state index contributed by atoms with van der Waals surface area (Å²) in [5.41, 5.74) is 4.09. The topological polar surface area (TPSA) is 56.6 Å². The number of nitriles is 1. The molecule has 5 nitrogen and oxygen atoms in total. The molecule has 1 amide bonds. The zero-order valence-electron chi connectivity index (χ0n) is 16.6. The summed E-state index contributed by atoms with van der Waals surface area (Å²) >= 11 is 1.58. The fraction of sp³-hybridized carbons (Fsp3) is 0.304. The normalized spacial score (nSPS) is 19.7. The summed E-state index contributed by atoms with van der Waals surface area (Å²) < 4.78 is 5.21. The third kappa shape index (κ3) is 4.02. The van der Waals surface area contributed by atoms with Crippen LogP contribution < -0.4 is 4.74 Å². The van der Waals surface area contributed by atoms with Crippen molar-refractivity contribution in [3.63, 3.8) is 0 Å². The van der Waals surface area contributed by atoms with Crippen LogP contribution in [-0.2, 0) is 11.3 Å². The number of carbonyl (C=O) groups excluding carboxylic acids is 1. The fourth-order valence-electron chi connectivity index (χ4n) is 3.78. The molecule has 1 fully saturated rings. The van der Waals surface area contributed by atoms with Gasteiger partial charge in [-0.05, 0) is 30.2 Å². The zero-order chi connectivity index (χ0) is 20.4. The van der Waals surface area contributed by atoms with Crippen LogP contribution in [0.4, 0.5) is 0 Å². The minimum absolute atomic E-state index is 0.0801. The largest absolute Gasteiger partial charge is 0.497 e. The van der Waals surface area contributed by atoms with E-state index in [1.165, 1.54) is 11.1 Å². The standard InChI is InChI=1S/C23H23N3O2S/c1-16-3-7-18(8-4-16)20-11-22(27)26-14-25(15-29-23(26)21(20)12-24)13-17-5-9-19(28-2)10-6-17/h3-10,20H,11,13-15H2,1-2H3. The van der Waals surface area contributed by atoms with E-state index in [2.05, 4.69) is 11.0 Å². The summed E-state index contributed by atoms with van der Waals surface area (Å²) in [6, 6.07) is 18.5. The zero-order valence-corrected chi connectivity index (χ0v) is 17.4. The number of ether oxygens (including phenoxy) is 1. The average molecular weight is 406 g/mol. The second-order valence-corrected chi connectivity index (χ2v) is 8.35. The van der Waals surface area contributed by atoms with Gasteiger partial charge in [0.2, 0.25) is 5.91 Å². The van der Waals surface area contributed by atoms with Crippen molar-refractivity contribution in [2.45, 2.75) is 25.8 Å². The molecule has 29 heavy (non-hydrogen) atoms. The number of thioether (sulfide) groups is 1. The van der Waals surface area contributed by atoms with Crippen molar-refractivity contribution in [2.75, 3.05) is 19.7 Å². The number of carbonyl (C=O) groups is 1. The van der Waals surface area contributed by atoms with Gasteiger partial charge in [0, 0.05) is 18.9 Å². The molecule has 2 aromatic rings. The van der Waals surface area contributed by atoms with Gasteiger partial charge in [0.05, 0.1) is 36.3 Å². The summed E-state index contributed by atoms with van der Waals surface area (Å²) in [7, 11) is 1.66. The summed E-state index contributed by atoms with van der Waals surface area (Å²) in [6.07, 6.45) is 0.340. The number of methoxy groups -OCH3 is 1. The fourth-order valence-corrected chi connectivity index (χ4v) is 4.92. The SMILES string of the molecule is COc1ccc(CN2CSC3=C(C#N)C(c4ccc(C)cc4)CC(=O)N3C2)cc1. The predicted molar refractivity (Wildman–Crippen MR) is 114 cm³/mol. The molecule has 0 spiro atoms. The number of rotatable bonds is 4. The van der Waals surface area contributed by atoms with Crippen molar-refractivity contribution in [1.82, 2.24) is 9.80 Å².